The van der Waals surface area contributed by atoms with Crippen LogP contribution in [0, 0.1) is 23.2 Å². The lowest BCUT2D eigenvalue weighted by Crippen LogP contribution is -2.46. The van der Waals surface area contributed by atoms with Crippen LogP contribution in [-0.4, -0.2) is 60.4 Å². The maximum absolute atomic E-state index is 12.8. The number of nitrogens with one attached hydrogen (secondary N) is 1. The van der Waals surface area contributed by atoms with E-state index in [9.17, 15) is 9.59 Å². The van der Waals surface area contributed by atoms with Gasteiger partial charge in [0.2, 0.25) is 12.7 Å². The summed E-state index contributed by atoms with van der Waals surface area (Å²) in [7, 11) is 0. The first-order valence-corrected chi connectivity index (χ1v) is 14.3. The van der Waals surface area contributed by atoms with Crippen molar-refractivity contribution in [2.75, 3.05) is 33.0 Å². The zero-order valence-electron chi connectivity index (χ0n) is 22.8. The van der Waals surface area contributed by atoms with Crippen LogP contribution >= 0.6 is 0 Å². The number of fused-ring (bicyclic) bond motifs is 1. The molecule has 1 N–H and O–H groups in total. The second-order valence-electron chi connectivity index (χ2n) is 11.6. The number of piperidine rings is 1. The molecule has 0 bridgehead atoms. The number of carbonyl (C=O) groups excluding carboxylic acids is 2. The summed E-state index contributed by atoms with van der Waals surface area (Å²) in [5, 5.41) is 12.1. The molecule has 1 aliphatic carbocycles. The van der Waals surface area contributed by atoms with Gasteiger partial charge in [0.25, 0.3) is 0 Å². The fourth-order valence-corrected chi connectivity index (χ4v) is 6.46. The van der Waals surface area contributed by atoms with E-state index in [2.05, 4.69) is 16.3 Å². The van der Waals surface area contributed by atoms with E-state index in [1.165, 1.54) is 5.56 Å². The van der Waals surface area contributed by atoms with Crippen molar-refractivity contribution in [2.45, 2.75) is 57.2 Å². The van der Waals surface area contributed by atoms with Gasteiger partial charge in [-0.05, 0) is 67.0 Å². The van der Waals surface area contributed by atoms with Gasteiger partial charge >= 0.3 is 6.09 Å². The van der Waals surface area contributed by atoms with E-state index >= 15 is 0 Å². The van der Waals surface area contributed by atoms with Crippen LogP contribution in [0.5, 0.6) is 11.5 Å². The van der Waals surface area contributed by atoms with Crippen molar-refractivity contribution >= 4 is 12.0 Å². The number of nitrogens with zero attached hydrogens (tertiary/aromatic N) is 3. The molecular weight excluding hydrogens is 508 g/mol. The zero-order valence-corrected chi connectivity index (χ0v) is 22.8. The number of amides is 2. The topological polar surface area (TPSA) is 104 Å². The summed E-state index contributed by atoms with van der Waals surface area (Å²) in [6.45, 7) is 4.69. The summed E-state index contributed by atoms with van der Waals surface area (Å²) in [6.07, 6.45) is 5.05. The highest BCUT2D eigenvalue weighted by Crippen LogP contribution is 2.37. The largest absolute Gasteiger partial charge is 0.454 e. The monoisotopic (exact) mass is 544 g/mol. The molecule has 0 unspecified atom stereocenters. The van der Waals surface area contributed by atoms with Crippen molar-refractivity contribution in [1.29, 1.82) is 5.26 Å². The van der Waals surface area contributed by atoms with Crippen LogP contribution in [0.15, 0.2) is 42.5 Å². The molecule has 4 aliphatic rings. The van der Waals surface area contributed by atoms with Gasteiger partial charge in [-0.15, -0.1) is 0 Å². The van der Waals surface area contributed by atoms with Crippen LogP contribution in [-0.2, 0) is 22.6 Å². The highest BCUT2D eigenvalue weighted by atomic mass is 16.7. The fourth-order valence-electron chi connectivity index (χ4n) is 6.46. The molecule has 2 saturated heterocycles. The Balaban J connectivity index is 0.924. The number of hydrogen-bond donors (Lipinski definition) is 1. The van der Waals surface area contributed by atoms with Gasteiger partial charge < -0.3 is 24.4 Å². The number of benzene rings is 2. The molecule has 2 aromatic rings. The Kier molecular flexibility index (Phi) is 7.53. The van der Waals surface area contributed by atoms with Crippen LogP contribution in [0.3, 0.4) is 0 Å². The molecule has 9 heteroatoms. The van der Waals surface area contributed by atoms with Crippen molar-refractivity contribution in [1.82, 2.24) is 15.1 Å². The predicted molar refractivity (Wildman–Crippen MR) is 146 cm³/mol. The zero-order chi connectivity index (χ0) is 27.5. The number of hydrogen-bond acceptors (Lipinski definition) is 7. The molecule has 0 aromatic heterocycles. The van der Waals surface area contributed by atoms with Crippen molar-refractivity contribution in [3.8, 4) is 17.6 Å². The molecule has 1 saturated carbocycles. The Bertz CT molecular complexity index is 1270. The first-order valence-electron chi connectivity index (χ1n) is 14.3. The molecule has 40 heavy (non-hydrogen) atoms. The van der Waals surface area contributed by atoms with E-state index in [0.29, 0.717) is 31.1 Å². The van der Waals surface area contributed by atoms with E-state index in [4.69, 9.17) is 19.5 Å². The summed E-state index contributed by atoms with van der Waals surface area (Å²) in [6, 6.07) is 15.6. The van der Waals surface area contributed by atoms with Gasteiger partial charge in [0.1, 0.15) is 5.60 Å². The Morgan fingerprint density at radius 1 is 1.00 bits per heavy atom. The van der Waals surface area contributed by atoms with Gasteiger partial charge in [-0.1, -0.05) is 18.2 Å². The lowest BCUT2D eigenvalue weighted by atomic mass is 9.81. The molecule has 6 rings (SSSR count). The maximum Gasteiger partial charge on any atom is 0.410 e. The SMILES string of the molecule is N#Cc1ccc(CN2CCC3(CC2)CN(CC2CCC(C(=O)NCc4ccc5c(c4)OCO5)CC2)C(=O)O3)cc1. The van der Waals surface area contributed by atoms with E-state index in [1.807, 2.05) is 47.4 Å². The molecule has 1 spiro atoms. The minimum atomic E-state index is -0.385. The number of ether oxygens (including phenoxy) is 3. The van der Waals surface area contributed by atoms with Crippen LogP contribution in [0.25, 0.3) is 0 Å². The number of nitriles is 1. The third kappa shape index (κ3) is 5.87. The van der Waals surface area contributed by atoms with Gasteiger partial charge in [-0.3, -0.25) is 9.69 Å². The minimum Gasteiger partial charge on any atom is -0.454 e. The van der Waals surface area contributed by atoms with Crippen LogP contribution in [0.1, 0.15) is 55.2 Å². The molecule has 210 valence electrons. The Morgan fingerprint density at radius 3 is 2.48 bits per heavy atom. The summed E-state index contributed by atoms with van der Waals surface area (Å²) in [5.74, 6) is 1.98. The first kappa shape index (κ1) is 26.5. The van der Waals surface area contributed by atoms with Crippen molar-refractivity contribution in [3.63, 3.8) is 0 Å². The third-order valence-electron chi connectivity index (χ3n) is 8.90. The summed E-state index contributed by atoms with van der Waals surface area (Å²) < 4.78 is 16.8. The molecule has 2 aromatic carbocycles. The summed E-state index contributed by atoms with van der Waals surface area (Å²) >= 11 is 0. The molecule has 2 amide bonds. The van der Waals surface area contributed by atoms with Crippen molar-refractivity contribution < 1.29 is 23.8 Å². The standard InChI is InChI=1S/C31H36N4O5/c32-16-22-1-3-23(4-2-22)18-34-13-11-31(12-14-34)20-35(30(37)40-31)19-24-5-8-26(9-6-24)29(36)33-17-25-7-10-27-28(15-25)39-21-38-27/h1-4,7,10,15,24,26H,5-6,8-9,11-14,17-21H2,(H,33,36). The Hall–Kier alpha value is -3.77. The highest BCUT2D eigenvalue weighted by Gasteiger charge is 2.47. The normalized spacial score (nSPS) is 23.6. The minimum absolute atomic E-state index is 0.0163. The quantitative estimate of drug-likeness (QED) is 0.557. The number of rotatable bonds is 7. The summed E-state index contributed by atoms with van der Waals surface area (Å²) in [4.78, 5) is 29.9. The van der Waals surface area contributed by atoms with Gasteiger partial charge in [-0.25, -0.2) is 4.79 Å². The smallest absolute Gasteiger partial charge is 0.410 e. The van der Waals surface area contributed by atoms with E-state index in [0.717, 1.165) is 75.2 Å². The van der Waals surface area contributed by atoms with E-state index in [1.54, 1.807) is 0 Å². The van der Waals surface area contributed by atoms with Crippen molar-refractivity contribution in [2.24, 2.45) is 11.8 Å². The molecule has 0 atom stereocenters. The maximum atomic E-state index is 12.8. The lowest BCUT2D eigenvalue weighted by molar-refractivity contribution is -0.126. The first-order chi connectivity index (χ1) is 19.5. The molecule has 3 fully saturated rings. The second kappa shape index (κ2) is 11.4. The fraction of sp³-hybridized carbons (Fsp3) is 0.516. The lowest BCUT2D eigenvalue weighted by Gasteiger charge is -2.37. The number of likely N-dealkylation sites (tertiary alicyclic amines) is 1. The predicted octanol–water partition coefficient (Wildman–Crippen LogP) is 4.20. The molecule has 0 radical (unpaired) electrons. The molecular formula is C31H36N4O5. The van der Waals surface area contributed by atoms with Crippen LogP contribution < -0.4 is 14.8 Å². The van der Waals surface area contributed by atoms with E-state index in [-0.39, 0.29) is 30.3 Å². The molecule has 3 aliphatic heterocycles. The van der Waals surface area contributed by atoms with E-state index < -0.39 is 0 Å². The van der Waals surface area contributed by atoms with Gasteiger partial charge in [0.05, 0.1) is 18.2 Å². The average molecular weight is 545 g/mol. The van der Waals surface area contributed by atoms with Crippen LogP contribution in [0.4, 0.5) is 4.79 Å². The van der Waals surface area contributed by atoms with Crippen molar-refractivity contribution in [3.05, 3.63) is 59.2 Å². The Morgan fingerprint density at radius 2 is 1.73 bits per heavy atom. The third-order valence-corrected chi connectivity index (χ3v) is 8.90. The van der Waals surface area contributed by atoms with Gasteiger partial charge in [0, 0.05) is 51.5 Å². The average Bonchev–Trinajstić information content (AvgIpc) is 3.57. The summed E-state index contributed by atoms with van der Waals surface area (Å²) in [5.41, 5.74) is 2.48. The van der Waals surface area contributed by atoms with Crippen LogP contribution in [0.2, 0.25) is 0 Å². The van der Waals surface area contributed by atoms with Gasteiger partial charge in [0.15, 0.2) is 11.5 Å². The molecule has 9 nitrogen and oxygen atoms in total. The number of carbonyl (C=O) groups is 2. The molecule has 3 heterocycles. The van der Waals surface area contributed by atoms with Gasteiger partial charge in [-0.2, -0.15) is 5.26 Å². The second-order valence-corrected chi connectivity index (χ2v) is 11.6. The Labute approximate surface area is 235 Å². The highest BCUT2D eigenvalue weighted by molar-refractivity contribution is 5.78.